The molecule has 0 rings (SSSR count). The van der Waals surface area contributed by atoms with Crippen molar-refractivity contribution in [3.8, 4) is 0 Å². The van der Waals surface area contributed by atoms with Gasteiger partial charge in [-0.2, -0.15) is 0 Å². The van der Waals surface area contributed by atoms with E-state index in [0.717, 1.165) is 44.9 Å². The smallest absolute Gasteiger partial charge is 0.305 e. The van der Waals surface area contributed by atoms with E-state index in [-0.39, 0.29) is 18.5 Å². The highest BCUT2D eigenvalue weighted by atomic mass is 16.5. The molecule has 0 radical (unpaired) electrons. The van der Waals surface area contributed by atoms with Crippen molar-refractivity contribution in [1.82, 2.24) is 5.32 Å². The molecule has 6 nitrogen and oxygen atoms in total. The predicted octanol–water partition coefficient (Wildman–Crippen LogP) is 23.3. The molecular weight excluding hydrogens is 971 g/mol. The summed E-state index contributed by atoms with van der Waals surface area (Å²) in [6.07, 6.45) is 86.8. The van der Waals surface area contributed by atoms with E-state index in [4.69, 9.17) is 4.74 Å². The molecular formula is C73H141NO5. The molecule has 0 aliphatic rings. The van der Waals surface area contributed by atoms with Gasteiger partial charge in [0.05, 0.1) is 25.4 Å². The molecule has 0 spiro atoms. The number of hydrogen-bond donors (Lipinski definition) is 3. The summed E-state index contributed by atoms with van der Waals surface area (Å²) < 4.78 is 5.51. The van der Waals surface area contributed by atoms with Gasteiger partial charge in [0.1, 0.15) is 0 Å². The van der Waals surface area contributed by atoms with E-state index in [2.05, 4.69) is 43.5 Å². The number of aliphatic hydroxyl groups is 2. The van der Waals surface area contributed by atoms with Gasteiger partial charge in [0, 0.05) is 12.8 Å². The number of hydrogen-bond acceptors (Lipinski definition) is 5. The highest BCUT2D eigenvalue weighted by molar-refractivity contribution is 5.76. The van der Waals surface area contributed by atoms with Crippen molar-refractivity contribution in [2.24, 2.45) is 0 Å². The fraction of sp³-hybridized carbons (Fsp3) is 0.918. The Balaban J connectivity index is 3.34. The summed E-state index contributed by atoms with van der Waals surface area (Å²) in [5.41, 5.74) is 0. The molecule has 0 heterocycles. The summed E-state index contributed by atoms with van der Waals surface area (Å²) >= 11 is 0. The van der Waals surface area contributed by atoms with E-state index in [1.165, 1.54) is 327 Å². The van der Waals surface area contributed by atoms with Crippen LogP contribution in [-0.4, -0.2) is 47.4 Å². The van der Waals surface area contributed by atoms with Gasteiger partial charge in [-0.25, -0.2) is 0 Å². The average molecular weight is 1110 g/mol. The Morgan fingerprint density at radius 1 is 0.354 bits per heavy atom. The Morgan fingerprint density at radius 3 is 0.962 bits per heavy atom. The summed E-state index contributed by atoms with van der Waals surface area (Å²) in [5.74, 6) is -0.0129. The third kappa shape index (κ3) is 65.4. The predicted molar refractivity (Wildman–Crippen MR) is 347 cm³/mol. The Bertz CT molecular complexity index is 1230. The first-order chi connectivity index (χ1) is 39.0. The Labute approximate surface area is 494 Å². The van der Waals surface area contributed by atoms with Gasteiger partial charge < -0.3 is 20.3 Å². The van der Waals surface area contributed by atoms with Gasteiger partial charge in [-0.05, 0) is 57.8 Å². The van der Waals surface area contributed by atoms with Crippen LogP contribution in [0.3, 0.4) is 0 Å². The molecule has 1 amide bonds. The number of ether oxygens (including phenoxy) is 1. The number of allylic oxidation sites excluding steroid dienone is 4. The van der Waals surface area contributed by atoms with Gasteiger partial charge in [-0.15, -0.1) is 0 Å². The summed E-state index contributed by atoms with van der Waals surface area (Å²) in [4.78, 5) is 24.6. The number of rotatable bonds is 68. The summed E-state index contributed by atoms with van der Waals surface area (Å²) in [6.45, 7) is 4.98. The minimum Gasteiger partial charge on any atom is -0.466 e. The normalized spacial score (nSPS) is 12.6. The molecule has 79 heavy (non-hydrogen) atoms. The topological polar surface area (TPSA) is 95.9 Å². The van der Waals surface area contributed by atoms with E-state index in [1.54, 1.807) is 0 Å². The van der Waals surface area contributed by atoms with Crippen molar-refractivity contribution in [1.29, 1.82) is 0 Å². The Kier molecular flexibility index (Phi) is 67.4. The molecule has 0 aromatic carbocycles. The van der Waals surface area contributed by atoms with Crippen LogP contribution in [0.25, 0.3) is 0 Å². The Hall–Kier alpha value is -1.66. The van der Waals surface area contributed by atoms with E-state index >= 15 is 0 Å². The van der Waals surface area contributed by atoms with Gasteiger partial charge >= 0.3 is 5.97 Å². The van der Waals surface area contributed by atoms with Crippen LogP contribution in [0.5, 0.6) is 0 Å². The van der Waals surface area contributed by atoms with Gasteiger partial charge in [0.25, 0.3) is 0 Å². The highest BCUT2D eigenvalue weighted by Crippen LogP contribution is 2.19. The molecule has 0 fully saturated rings. The molecule has 2 unspecified atom stereocenters. The van der Waals surface area contributed by atoms with Crippen molar-refractivity contribution in [2.75, 3.05) is 13.2 Å². The minimum atomic E-state index is -0.661. The molecule has 6 heteroatoms. The van der Waals surface area contributed by atoms with Crippen LogP contribution in [0.2, 0.25) is 0 Å². The van der Waals surface area contributed by atoms with Crippen molar-refractivity contribution < 1.29 is 24.5 Å². The van der Waals surface area contributed by atoms with Crippen molar-refractivity contribution in [3.63, 3.8) is 0 Å². The van der Waals surface area contributed by atoms with Gasteiger partial charge in [-0.1, -0.05) is 359 Å². The number of carbonyl (C=O) groups excluding carboxylic acids is 2. The fourth-order valence-corrected chi connectivity index (χ4v) is 11.5. The number of carbonyl (C=O) groups is 2. The monoisotopic (exact) mass is 1110 g/mol. The van der Waals surface area contributed by atoms with Crippen LogP contribution in [0.4, 0.5) is 0 Å². The average Bonchev–Trinajstić information content (AvgIpc) is 3.45. The molecule has 0 aliphatic carbocycles. The number of amides is 1. The minimum absolute atomic E-state index is 0.0193. The van der Waals surface area contributed by atoms with E-state index < -0.39 is 12.1 Å². The quantitative estimate of drug-likeness (QED) is 0.0320. The largest absolute Gasteiger partial charge is 0.466 e. The number of unbranched alkanes of at least 4 members (excludes halogenated alkanes) is 53. The van der Waals surface area contributed by atoms with Crippen LogP contribution < -0.4 is 5.32 Å². The second kappa shape index (κ2) is 68.8. The number of nitrogens with one attached hydrogen (secondary N) is 1. The van der Waals surface area contributed by atoms with Crippen LogP contribution in [0.15, 0.2) is 24.3 Å². The summed E-state index contributed by atoms with van der Waals surface area (Å²) in [5, 5.41) is 23.2. The van der Waals surface area contributed by atoms with Crippen molar-refractivity contribution in [2.45, 2.75) is 418 Å². The van der Waals surface area contributed by atoms with E-state index in [9.17, 15) is 19.8 Å². The molecule has 0 aromatic rings. The SMILES string of the molecule is CCCCCCCCCCCCCCCCCCCCC(=O)OCCCCCCCCCCC/C=C\C/C=C\CCCCCCCCCCCCCCCCCCCC(=O)NC(CO)C(O)CCCCCCCCCCCCC. The number of esters is 1. The van der Waals surface area contributed by atoms with E-state index in [0.29, 0.717) is 25.9 Å². The molecule has 0 bridgehead atoms. The molecule has 3 N–H and O–H groups in total. The zero-order chi connectivity index (χ0) is 57.1. The second-order valence-electron chi connectivity index (χ2n) is 24.9. The fourth-order valence-electron chi connectivity index (χ4n) is 11.5. The van der Waals surface area contributed by atoms with Crippen LogP contribution >= 0.6 is 0 Å². The zero-order valence-electron chi connectivity index (χ0n) is 53.6. The van der Waals surface area contributed by atoms with Gasteiger partial charge in [0.15, 0.2) is 0 Å². The van der Waals surface area contributed by atoms with E-state index in [1.807, 2.05) is 0 Å². The molecule has 468 valence electrons. The third-order valence-electron chi connectivity index (χ3n) is 17.0. The lowest BCUT2D eigenvalue weighted by molar-refractivity contribution is -0.143. The molecule has 0 saturated heterocycles. The number of aliphatic hydroxyl groups excluding tert-OH is 2. The standard InChI is InChI=1S/C73H141NO5/c1-3-5-7-9-11-13-15-16-17-18-37-40-43-47-51-55-59-63-67-73(78)79-68-64-60-56-52-48-44-41-38-35-33-31-29-27-25-23-21-19-20-22-24-26-28-30-32-34-36-39-42-46-50-54-58-62-66-72(77)74-70(69-75)71(76)65-61-57-53-49-45-14-12-10-8-6-4-2/h23,25,29,31,70-71,75-76H,3-22,24,26-28,30,32-69H2,1-2H3,(H,74,77)/b25-23-,31-29-. The molecule has 2 atom stereocenters. The first-order valence-corrected chi connectivity index (χ1v) is 36.1. The molecule has 0 aliphatic heterocycles. The summed E-state index contributed by atoms with van der Waals surface area (Å²) in [6, 6.07) is -0.538. The van der Waals surface area contributed by atoms with Gasteiger partial charge in [0.2, 0.25) is 5.91 Å². The second-order valence-corrected chi connectivity index (χ2v) is 24.9. The maximum atomic E-state index is 12.5. The first kappa shape index (κ1) is 77.3. The summed E-state index contributed by atoms with van der Waals surface area (Å²) in [7, 11) is 0. The first-order valence-electron chi connectivity index (χ1n) is 36.1. The molecule has 0 saturated carbocycles. The zero-order valence-corrected chi connectivity index (χ0v) is 53.6. The Morgan fingerprint density at radius 2 is 0.633 bits per heavy atom. The van der Waals surface area contributed by atoms with Crippen LogP contribution in [0, 0.1) is 0 Å². The van der Waals surface area contributed by atoms with Crippen molar-refractivity contribution in [3.05, 3.63) is 24.3 Å². The van der Waals surface area contributed by atoms with Gasteiger partial charge in [-0.3, -0.25) is 9.59 Å². The third-order valence-corrected chi connectivity index (χ3v) is 17.0. The van der Waals surface area contributed by atoms with Crippen LogP contribution in [0.1, 0.15) is 406 Å². The highest BCUT2D eigenvalue weighted by Gasteiger charge is 2.20. The van der Waals surface area contributed by atoms with Crippen LogP contribution in [-0.2, 0) is 14.3 Å². The lowest BCUT2D eigenvalue weighted by Gasteiger charge is -2.22. The molecule has 0 aromatic heterocycles. The maximum absolute atomic E-state index is 12.5. The van der Waals surface area contributed by atoms with Crippen molar-refractivity contribution >= 4 is 11.9 Å². The maximum Gasteiger partial charge on any atom is 0.305 e. The lowest BCUT2D eigenvalue weighted by atomic mass is 10.0. The lowest BCUT2D eigenvalue weighted by Crippen LogP contribution is -2.45.